The third-order valence-electron chi connectivity index (χ3n) is 3.99. The van der Waals surface area contributed by atoms with Gasteiger partial charge in [0.2, 0.25) is 0 Å². The van der Waals surface area contributed by atoms with Gasteiger partial charge >= 0.3 is 0 Å². The van der Waals surface area contributed by atoms with E-state index in [-0.39, 0.29) is 5.56 Å². The lowest BCUT2D eigenvalue weighted by Crippen LogP contribution is -2.22. The van der Waals surface area contributed by atoms with Crippen LogP contribution >= 0.6 is 11.3 Å². The molecule has 0 aliphatic rings. The quantitative estimate of drug-likeness (QED) is 0.556. The molecule has 4 aromatic rings. The van der Waals surface area contributed by atoms with E-state index in [9.17, 15) is 9.59 Å². The van der Waals surface area contributed by atoms with Crippen LogP contribution in [0.25, 0.3) is 21.7 Å². The lowest BCUT2D eigenvalue weighted by molar-refractivity contribution is 0.102. The van der Waals surface area contributed by atoms with Crippen molar-refractivity contribution in [2.75, 3.05) is 5.32 Å². The zero-order chi connectivity index (χ0) is 18.6. The van der Waals surface area contributed by atoms with Crippen LogP contribution in [0.3, 0.4) is 0 Å². The van der Waals surface area contributed by atoms with E-state index in [2.05, 4.69) is 15.3 Å². The Bertz CT molecular complexity index is 1080. The van der Waals surface area contributed by atoms with Gasteiger partial charge in [-0.3, -0.25) is 14.9 Å². The molecule has 2 heterocycles. The van der Waals surface area contributed by atoms with Gasteiger partial charge in [-0.25, -0.2) is 4.98 Å². The van der Waals surface area contributed by atoms with E-state index in [4.69, 9.17) is 0 Å². The Hall–Kier alpha value is -3.51. The molecule has 2 aromatic carbocycles. The first-order chi connectivity index (χ1) is 13.2. The molecular weight excluding hydrogens is 358 g/mol. The number of carbonyl (C=O) groups excluding carboxylic acids is 1. The second-order valence-electron chi connectivity index (χ2n) is 5.80. The largest absolute Gasteiger partial charge is 0.328 e. The number of anilines is 1. The fourth-order valence-electron chi connectivity index (χ4n) is 2.72. The molecule has 4 rings (SSSR count). The smallest absolute Gasteiger partial charge is 0.263 e. The van der Waals surface area contributed by atoms with Crippen molar-refractivity contribution in [3.63, 3.8) is 0 Å². The minimum Gasteiger partial charge on any atom is -0.328 e. The Morgan fingerprint density at radius 1 is 0.889 bits per heavy atom. The van der Waals surface area contributed by atoms with Crippen LogP contribution in [0.1, 0.15) is 10.4 Å². The molecule has 0 saturated heterocycles. The highest BCUT2D eigenvalue weighted by atomic mass is 32.1. The summed E-state index contributed by atoms with van der Waals surface area (Å²) < 4.78 is 0. The molecular formula is C21H15N3O2S. The number of benzene rings is 2. The summed E-state index contributed by atoms with van der Waals surface area (Å²) in [5, 5.41) is 3.19. The van der Waals surface area contributed by atoms with Crippen LogP contribution in [0, 0.1) is 0 Å². The van der Waals surface area contributed by atoms with Crippen molar-refractivity contribution in [2.45, 2.75) is 0 Å². The first kappa shape index (κ1) is 16.9. The predicted molar refractivity (Wildman–Crippen MR) is 108 cm³/mol. The van der Waals surface area contributed by atoms with Crippen molar-refractivity contribution >= 4 is 22.4 Å². The van der Waals surface area contributed by atoms with Gasteiger partial charge in [-0.1, -0.05) is 72.0 Å². The van der Waals surface area contributed by atoms with Crippen LogP contribution in [0.5, 0.6) is 0 Å². The molecule has 0 atom stereocenters. The van der Waals surface area contributed by atoms with E-state index in [0.717, 1.165) is 21.7 Å². The topological polar surface area (TPSA) is 74.8 Å². The molecule has 132 valence electrons. The number of amides is 1. The van der Waals surface area contributed by atoms with Gasteiger partial charge < -0.3 is 4.98 Å². The van der Waals surface area contributed by atoms with E-state index < -0.39 is 11.5 Å². The number of aromatic amines is 1. The number of nitrogens with one attached hydrogen (secondary N) is 2. The Kier molecular flexibility index (Phi) is 4.63. The number of aromatic nitrogens is 2. The molecule has 2 N–H and O–H groups in total. The number of thiazole rings is 1. The summed E-state index contributed by atoms with van der Waals surface area (Å²) in [6.45, 7) is 0. The lowest BCUT2D eigenvalue weighted by atomic mass is 10.1. The number of hydrogen-bond acceptors (Lipinski definition) is 4. The van der Waals surface area contributed by atoms with Gasteiger partial charge in [-0.15, -0.1) is 0 Å². The number of H-pyrrole nitrogens is 1. The van der Waals surface area contributed by atoms with Gasteiger partial charge in [-0.05, 0) is 17.7 Å². The normalized spacial score (nSPS) is 10.5. The standard InChI is InChI=1S/C21H15N3O2S/c25-19-16(12-7-13-22-19)20(26)24-21-23-17(14-8-3-1-4-9-14)18(27-21)15-10-5-2-6-11-15/h1-13H,(H,22,25)(H,23,24,26). The van der Waals surface area contributed by atoms with Crippen molar-refractivity contribution in [1.82, 2.24) is 9.97 Å². The Balaban J connectivity index is 1.75. The van der Waals surface area contributed by atoms with E-state index in [1.54, 1.807) is 6.07 Å². The van der Waals surface area contributed by atoms with Crippen LogP contribution < -0.4 is 10.9 Å². The lowest BCUT2D eigenvalue weighted by Gasteiger charge is -2.02. The molecule has 0 fully saturated rings. The van der Waals surface area contributed by atoms with Crippen molar-refractivity contribution in [3.8, 4) is 21.7 Å². The van der Waals surface area contributed by atoms with Crippen LogP contribution in [0.15, 0.2) is 83.8 Å². The third kappa shape index (κ3) is 3.56. The van der Waals surface area contributed by atoms with Crippen LogP contribution in [-0.2, 0) is 0 Å². The fourth-order valence-corrected chi connectivity index (χ4v) is 3.70. The van der Waals surface area contributed by atoms with Gasteiger partial charge in [0.25, 0.3) is 11.5 Å². The molecule has 6 heteroatoms. The summed E-state index contributed by atoms with van der Waals surface area (Å²) in [5.74, 6) is -0.482. The Morgan fingerprint density at radius 2 is 1.56 bits per heavy atom. The summed E-state index contributed by atoms with van der Waals surface area (Å²) in [5.41, 5.74) is 2.40. The summed E-state index contributed by atoms with van der Waals surface area (Å²) in [6, 6.07) is 22.8. The molecule has 0 spiro atoms. The van der Waals surface area contributed by atoms with Crippen molar-refractivity contribution in [3.05, 3.63) is 94.9 Å². The molecule has 1 amide bonds. The Morgan fingerprint density at radius 3 is 2.22 bits per heavy atom. The summed E-state index contributed by atoms with van der Waals surface area (Å²) in [6.07, 6.45) is 1.49. The van der Waals surface area contributed by atoms with Crippen LogP contribution in [0.2, 0.25) is 0 Å². The minimum absolute atomic E-state index is 0.0511. The van der Waals surface area contributed by atoms with E-state index >= 15 is 0 Å². The molecule has 0 saturated carbocycles. The third-order valence-corrected chi connectivity index (χ3v) is 5.01. The van der Waals surface area contributed by atoms with Crippen LogP contribution in [-0.4, -0.2) is 15.9 Å². The van der Waals surface area contributed by atoms with Gasteiger partial charge in [0.1, 0.15) is 5.56 Å². The molecule has 0 aliphatic heterocycles. The van der Waals surface area contributed by atoms with Gasteiger partial charge in [0, 0.05) is 11.8 Å². The minimum atomic E-state index is -0.482. The van der Waals surface area contributed by atoms with Gasteiger partial charge in [0.15, 0.2) is 5.13 Å². The maximum absolute atomic E-state index is 12.5. The molecule has 0 aliphatic carbocycles. The first-order valence-electron chi connectivity index (χ1n) is 8.33. The monoisotopic (exact) mass is 373 g/mol. The van der Waals surface area contributed by atoms with Crippen LogP contribution in [0.4, 0.5) is 5.13 Å². The average Bonchev–Trinajstić information content (AvgIpc) is 3.13. The summed E-state index contributed by atoms with van der Waals surface area (Å²) in [7, 11) is 0. The van der Waals surface area contributed by atoms with E-state index in [1.165, 1.54) is 23.6 Å². The number of rotatable bonds is 4. The van der Waals surface area contributed by atoms with E-state index in [0.29, 0.717) is 5.13 Å². The first-order valence-corrected chi connectivity index (χ1v) is 9.15. The molecule has 0 bridgehead atoms. The maximum atomic E-state index is 12.5. The highest BCUT2D eigenvalue weighted by molar-refractivity contribution is 7.19. The fraction of sp³-hybridized carbons (Fsp3) is 0. The number of carbonyl (C=O) groups is 1. The maximum Gasteiger partial charge on any atom is 0.263 e. The van der Waals surface area contributed by atoms with Gasteiger partial charge in [-0.2, -0.15) is 0 Å². The molecule has 2 aromatic heterocycles. The molecule has 27 heavy (non-hydrogen) atoms. The molecule has 0 unspecified atom stereocenters. The Labute approximate surface area is 159 Å². The predicted octanol–water partition coefficient (Wildman–Crippen LogP) is 4.42. The zero-order valence-corrected chi connectivity index (χ0v) is 15.0. The highest BCUT2D eigenvalue weighted by Crippen LogP contribution is 2.38. The number of hydrogen-bond donors (Lipinski definition) is 2. The highest BCUT2D eigenvalue weighted by Gasteiger charge is 2.17. The van der Waals surface area contributed by atoms with E-state index in [1.807, 2.05) is 60.7 Å². The summed E-state index contributed by atoms with van der Waals surface area (Å²) in [4.78, 5) is 32.4. The average molecular weight is 373 g/mol. The number of pyridine rings is 1. The van der Waals surface area contributed by atoms with Gasteiger partial charge in [0.05, 0.1) is 10.6 Å². The summed E-state index contributed by atoms with van der Waals surface area (Å²) >= 11 is 1.38. The SMILES string of the molecule is O=C(Nc1nc(-c2ccccc2)c(-c2ccccc2)s1)c1ccc[nH]c1=O. The van der Waals surface area contributed by atoms with Crippen molar-refractivity contribution < 1.29 is 4.79 Å². The van der Waals surface area contributed by atoms with Crippen molar-refractivity contribution in [2.24, 2.45) is 0 Å². The zero-order valence-electron chi connectivity index (χ0n) is 14.2. The number of nitrogens with zero attached hydrogens (tertiary/aromatic N) is 1. The molecule has 5 nitrogen and oxygen atoms in total. The van der Waals surface area contributed by atoms with Crippen molar-refractivity contribution in [1.29, 1.82) is 0 Å². The molecule has 0 radical (unpaired) electrons. The second-order valence-corrected chi connectivity index (χ2v) is 6.79. The second kappa shape index (κ2) is 7.39.